The van der Waals surface area contributed by atoms with E-state index in [9.17, 15) is 4.79 Å². The van der Waals surface area contributed by atoms with E-state index in [1.807, 2.05) is 39.0 Å². The number of hydrogen-bond donors (Lipinski definition) is 1. The van der Waals surface area contributed by atoms with Gasteiger partial charge in [0.25, 0.3) is 0 Å². The van der Waals surface area contributed by atoms with E-state index in [-0.39, 0.29) is 0 Å². The Morgan fingerprint density at radius 1 is 1.06 bits per heavy atom. The molecule has 2 aromatic rings. The molecular formula is C26H22Cl2N2O2. The highest BCUT2D eigenvalue weighted by molar-refractivity contribution is 6.38. The Hall–Kier alpha value is -3.08. The van der Waals surface area contributed by atoms with Gasteiger partial charge in [-0.25, -0.2) is 0 Å². The van der Waals surface area contributed by atoms with Crippen LogP contribution in [0.15, 0.2) is 58.6 Å². The van der Waals surface area contributed by atoms with Crippen LogP contribution in [-0.4, -0.2) is 12.8 Å². The normalized spacial score (nSPS) is 11.8. The van der Waals surface area contributed by atoms with Crippen LogP contribution in [0.1, 0.15) is 28.4 Å². The van der Waals surface area contributed by atoms with Crippen molar-refractivity contribution in [3.05, 3.63) is 81.3 Å². The zero-order chi connectivity index (χ0) is 23.0. The zero-order valence-electron chi connectivity index (χ0n) is 18.1. The van der Waals surface area contributed by atoms with Gasteiger partial charge in [0.15, 0.2) is 6.29 Å². The molecule has 0 saturated heterocycles. The van der Waals surface area contributed by atoms with Crippen molar-refractivity contribution in [2.75, 3.05) is 11.9 Å². The van der Waals surface area contributed by atoms with Crippen LogP contribution < -0.4 is 10.7 Å². The van der Waals surface area contributed by atoms with Gasteiger partial charge in [0.1, 0.15) is 11.3 Å². The number of carbonyl (C=O) groups is 1. The molecule has 0 bridgehead atoms. The molecule has 0 saturated carbocycles. The first kappa shape index (κ1) is 22.1. The number of fused-ring (bicyclic) bond motifs is 2. The van der Waals surface area contributed by atoms with Crippen LogP contribution in [0.4, 0.5) is 5.69 Å². The van der Waals surface area contributed by atoms with Crippen molar-refractivity contribution in [2.45, 2.75) is 20.8 Å². The SMILES string of the molecule is C=C/N=c1/cc2oc3cc(NCC)c(C)cc3c(-c3c(Cl)ccc(Cl)c3C=O)c-2cc1C. The lowest BCUT2D eigenvalue weighted by molar-refractivity contribution is 0.112. The van der Waals surface area contributed by atoms with Gasteiger partial charge in [-0.2, -0.15) is 0 Å². The predicted octanol–water partition coefficient (Wildman–Crippen LogP) is 7.42. The van der Waals surface area contributed by atoms with E-state index in [2.05, 4.69) is 23.0 Å². The number of hydrogen-bond acceptors (Lipinski definition) is 4. The van der Waals surface area contributed by atoms with Crippen molar-refractivity contribution in [2.24, 2.45) is 4.99 Å². The summed E-state index contributed by atoms with van der Waals surface area (Å²) in [6.45, 7) is 10.5. The Morgan fingerprint density at radius 3 is 2.50 bits per heavy atom. The van der Waals surface area contributed by atoms with Crippen molar-refractivity contribution in [3.8, 4) is 22.5 Å². The van der Waals surface area contributed by atoms with Crippen LogP contribution in [0, 0.1) is 13.8 Å². The van der Waals surface area contributed by atoms with Crippen LogP contribution in [0.3, 0.4) is 0 Å². The van der Waals surface area contributed by atoms with E-state index in [4.69, 9.17) is 27.6 Å². The first-order chi connectivity index (χ1) is 15.4. The molecule has 4 rings (SSSR count). The van der Waals surface area contributed by atoms with Crippen molar-refractivity contribution in [1.82, 2.24) is 0 Å². The number of nitrogens with zero attached hydrogens (tertiary/aromatic N) is 1. The molecule has 4 nitrogen and oxygen atoms in total. The lowest BCUT2D eigenvalue weighted by Crippen LogP contribution is -2.08. The number of benzene rings is 3. The van der Waals surface area contributed by atoms with E-state index in [1.54, 1.807) is 12.1 Å². The van der Waals surface area contributed by atoms with Gasteiger partial charge in [0.2, 0.25) is 0 Å². The summed E-state index contributed by atoms with van der Waals surface area (Å²) in [5, 5.41) is 5.75. The number of halogens is 2. The van der Waals surface area contributed by atoms with Gasteiger partial charge in [-0.15, -0.1) is 0 Å². The number of nitrogens with one attached hydrogen (secondary N) is 1. The quantitative estimate of drug-likeness (QED) is 0.247. The highest BCUT2D eigenvalue weighted by Gasteiger charge is 2.24. The third kappa shape index (κ3) is 3.70. The van der Waals surface area contributed by atoms with Crippen molar-refractivity contribution in [3.63, 3.8) is 0 Å². The monoisotopic (exact) mass is 464 g/mol. The molecule has 0 amide bonds. The van der Waals surface area contributed by atoms with Gasteiger partial charge >= 0.3 is 0 Å². The minimum absolute atomic E-state index is 0.345. The van der Waals surface area contributed by atoms with Crippen LogP contribution >= 0.6 is 23.2 Å². The Kier molecular flexibility index (Phi) is 6.09. The summed E-state index contributed by atoms with van der Waals surface area (Å²) >= 11 is 13.1. The number of rotatable bonds is 5. The molecule has 0 atom stereocenters. The topological polar surface area (TPSA) is 54.6 Å². The van der Waals surface area contributed by atoms with Crippen LogP contribution in [0.5, 0.6) is 0 Å². The van der Waals surface area contributed by atoms with Gasteiger partial charge in [-0.05, 0) is 56.2 Å². The minimum Gasteiger partial charge on any atom is -0.456 e. The van der Waals surface area contributed by atoms with E-state index in [0.29, 0.717) is 32.5 Å². The van der Waals surface area contributed by atoms with Crippen LogP contribution in [-0.2, 0) is 0 Å². The second kappa shape index (κ2) is 8.81. The summed E-state index contributed by atoms with van der Waals surface area (Å²) in [4.78, 5) is 16.4. The molecule has 0 spiro atoms. The fourth-order valence-electron chi connectivity index (χ4n) is 4.01. The van der Waals surface area contributed by atoms with Crippen LogP contribution in [0.25, 0.3) is 33.4 Å². The second-order valence-corrected chi connectivity index (χ2v) is 8.37. The maximum absolute atomic E-state index is 12.1. The Labute approximate surface area is 196 Å². The standard InChI is InChI=1S/C26H22Cl2N2O2/c1-5-29-21-11-23-16(9-14(21)3)25(26-18(13-31)19(27)7-8-20(26)28)17-10-15(4)22(30-6-2)12-24(17)32-23/h5,7-13,30H,1,6H2,2-4H3/b29-21-. The van der Waals surface area contributed by atoms with Crippen LogP contribution in [0.2, 0.25) is 10.0 Å². The molecule has 0 unspecified atom stereocenters. The van der Waals surface area contributed by atoms with Gasteiger partial charge < -0.3 is 9.73 Å². The lowest BCUT2D eigenvalue weighted by atomic mass is 9.89. The van der Waals surface area contributed by atoms with Crippen molar-refractivity contribution in [1.29, 1.82) is 0 Å². The Bertz CT molecular complexity index is 1420. The average Bonchev–Trinajstić information content (AvgIpc) is 2.76. The first-order valence-electron chi connectivity index (χ1n) is 10.2. The maximum Gasteiger partial charge on any atom is 0.152 e. The smallest absolute Gasteiger partial charge is 0.152 e. The molecule has 162 valence electrons. The molecule has 2 aromatic carbocycles. The largest absolute Gasteiger partial charge is 0.456 e. The fraction of sp³-hybridized carbons (Fsp3) is 0.154. The molecule has 2 aliphatic rings. The number of anilines is 1. The van der Waals surface area contributed by atoms with E-state index < -0.39 is 0 Å². The fourth-order valence-corrected chi connectivity index (χ4v) is 4.47. The van der Waals surface area contributed by atoms with Gasteiger partial charge in [0, 0.05) is 63.2 Å². The molecule has 6 heteroatoms. The molecule has 0 radical (unpaired) electrons. The number of aldehydes is 1. The Balaban J connectivity index is 2.26. The van der Waals surface area contributed by atoms with Gasteiger partial charge in [-0.1, -0.05) is 29.8 Å². The zero-order valence-corrected chi connectivity index (χ0v) is 19.6. The highest BCUT2D eigenvalue weighted by atomic mass is 35.5. The molecule has 1 aliphatic heterocycles. The average molecular weight is 465 g/mol. The number of aryl methyl sites for hydroxylation is 2. The van der Waals surface area contributed by atoms with E-state index in [0.717, 1.165) is 51.5 Å². The van der Waals surface area contributed by atoms with Gasteiger partial charge in [-0.3, -0.25) is 9.79 Å². The van der Waals surface area contributed by atoms with Gasteiger partial charge in [0.05, 0.1) is 10.4 Å². The third-order valence-electron chi connectivity index (χ3n) is 5.49. The lowest BCUT2D eigenvalue weighted by Gasteiger charge is -2.20. The molecule has 1 aliphatic carbocycles. The van der Waals surface area contributed by atoms with Crippen molar-refractivity contribution < 1.29 is 9.21 Å². The molecule has 0 fully saturated rings. The minimum atomic E-state index is 0.345. The summed E-state index contributed by atoms with van der Waals surface area (Å²) in [7, 11) is 0. The molecule has 1 heterocycles. The predicted molar refractivity (Wildman–Crippen MR) is 133 cm³/mol. The molecule has 0 aromatic heterocycles. The Morgan fingerprint density at radius 2 is 1.81 bits per heavy atom. The van der Waals surface area contributed by atoms with E-state index in [1.165, 1.54) is 6.20 Å². The van der Waals surface area contributed by atoms with Crippen molar-refractivity contribution >= 4 is 46.1 Å². The molecule has 32 heavy (non-hydrogen) atoms. The van der Waals surface area contributed by atoms with E-state index >= 15 is 0 Å². The summed E-state index contributed by atoms with van der Waals surface area (Å²) < 4.78 is 6.34. The maximum atomic E-state index is 12.1. The third-order valence-corrected chi connectivity index (χ3v) is 6.13. The molecular weight excluding hydrogens is 443 g/mol. The second-order valence-electron chi connectivity index (χ2n) is 7.55. The first-order valence-corrected chi connectivity index (χ1v) is 11.0. The molecule has 1 N–H and O–H groups in total. The summed E-state index contributed by atoms with van der Waals surface area (Å²) in [5.74, 6) is 0.623. The highest BCUT2D eigenvalue weighted by Crippen LogP contribution is 2.46. The summed E-state index contributed by atoms with van der Waals surface area (Å²) in [6.07, 6.45) is 2.25. The summed E-state index contributed by atoms with van der Waals surface area (Å²) in [6, 6.07) is 11.2. The number of carbonyl (C=O) groups excluding carboxylic acids is 1. The summed E-state index contributed by atoms with van der Waals surface area (Å²) in [5.41, 5.74) is 6.19.